The van der Waals surface area contributed by atoms with Crippen LogP contribution in [0.3, 0.4) is 0 Å². The molecule has 0 saturated carbocycles. The third kappa shape index (κ3) is 5.80. The maximum Gasteiger partial charge on any atom is 0.293 e. The maximum absolute atomic E-state index is 12.7. The number of hydrogen-bond donors (Lipinski definition) is 1. The average Bonchev–Trinajstić information content (AvgIpc) is 2.81. The SMILES string of the molecule is CCN(CC)Cc1ccccc1CNc1ccc(C(=O)N2CCOCC2)cc1[N+](=O)[O-]. The highest BCUT2D eigenvalue weighted by molar-refractivity contribution is 5.95. The second-order valence-electron chi connectivity index (χ2n) is 7.48. The van der Waals surface area contributed by atoms with Crippen LogP contribution in [0.1, 0.15) is 35.3 Å². The van der Waals surface area contributed by atoms with Crippen LogP contribution in [-0.4, -0.2) is 60.0 Å². The van der Waals surface area contributed by atoms with E-state index < -0.39 is 4.92 Å². The van der Waals surface area contributed by atoms with Gasteiger partial charge in [0, 0.05) is 37.8 Å². The molecule has 0 spiro atoms. The molecule has 8 heteroatoms. The number of carbonyl (C=O) groups excluding carboxylic acids is 1. The summed E-state index contributed by atoms with van der Waals surface area (Å²) in [4.78, 5) is 27.9. The van der Waals surface area contributed by atoms with E-state index >= 15 is 0 Å². The number of anilines is 1. The van der Waals surface area contributed by atoms with Crippen LogP contribution in [0.4, 0.5) is 11.4 Å². The summed E-state index contributed by atoms with van der Waals surface area (Å²) in [5.74, 6) is -0.206. The van der Waals surface area contributed by atoms with Crippen molar-refractivity contribution in [2.24, 2.45) is 0 Å². The van der Waals surface area contributed by atoms with E-state index in [4.69, 9.17) is 4.74 Å². The minimum atomic E-state index is -0.444. The lowest BCUT2D eigenvalue weighted by Gasteiger charge is -2.26. The van der Waals surface area contributed by atoms with Crippen LogP contribution in [0.25, 0.3) is 0 Å². The number of nitrogens with one attached hydrogen (secondary N) is 1. The van der Waals surface area contributed by atoms with Crippen LogP contribution in [0.2, 0.25) is 0 Å². The van der Waals surface area contributed by atoms with Crippen LogP contribution in [0.5, 0.6) is 0 Å². The van der Waals surface area contributed by atoms with Gasteiger partial charge in [-0.1, -0.05) is 38.1 Å². The summed E-state index contributed by atoms with van der Waals surface area (Å²) >= 11 is 0. The molecule has 0 unspecified atom stereocenters. The minimum absolute atomic E-state index is 0.0969. The molecule has 1 saturated heterocycles. The van der Waals surface area contributed by atoms with Crippen molar-refractivity contribution in [3.63, 3.8) is 0 Å². The first-order valence-electron chi connectivity index (χ1n) is 10.7. The van der Waals surface area contributed by atoms with Gasteiger partial charge in [-0.15, -0.1) is 0 Å². The molecule has 0 aliphatic carbocycles. The first-order chi connectivity index (χ1) is 15.0. The Balaban J connectivity index is 1.76. The number of carbonyl (C=O) groups is 1. The maximum atomic E-state index is 12.7. The molecule has 3 rings (SSSR count). The van der Waals surface area contributed by atoms with Gasteiger partial charge < -0.3 is 15.0 Å². The van der Waals surface area contributed by atoms with E-state index in [1.165, 1.54) is 11.6 Å². The van der Waals surface area contributed by atoms with Crippen molar-refractivity contribution >= 4 is 17.3 Å². The van der Waals surface area contributed by atoms with Gasteiger partial charge in [-0.25, -0.2) is 0 Å². The van der Waals surface area contributed by atoms with Crippen LogP contribution in [-0.2, 0) is 17.8 Å². The minimum Gasteiger partial charge on any atom is -0.378 e. The topological polar surface area (TPSA) is 88.0 Å². The lowest BCUT2D eigenvalue weighted by atomic mass is 10.1. The first kappa shape index (κ1) is 22.7. The van der Waals surface area contributed by atoms with Crippen molar-refractivity contribution in [1.29, 1.82) is 0 Å². The Hall–Kier alpha value is -2.97. The number of morpholine rings is 1. The molecule has 1 amide bonds. The van der Waals surface area contributed by atoms with Crippen LogP contribution in [0, 0.1) is 10.1 Å². The molecular formula is C23H30N4O4. The molecule has 0 bridgehead atoms. The number of rotatable bonds is 9. The van der Waals surface area contributed by atoms with Crippen molar-refractivity contribution in [2.45, 2.75) is 26.9 Å². The van der Waals surface area contributed by atoms with Gasteiger partial charge in [0.1, 0.15) is 5.69 Å². The fraction of sp³-hybridized carbons (Fsp3) is 0.435. The molecule has 2 aromatic carbocycles. The number of benzene rings is 2. The molecule has 31 heavy (non-hydrogen) atoms. The van der Waals surface area contributed by atoms with Gasteiger partial charge in [0.05, 0.1) is 18.1 Å². The number of nitro groups is 1. The lowest BCUT2D eigenvalue weighted by Crippen LogP contribution is -2.40. The van der Waals surface area contributed by atoms with Gasteiger partial charge in [-0.05, 0) is 36.3 Å². The van der Waals surface area contributed by atoms with E-state index in [0.29, 0.717) is 44.1 Å². The smallest absolute Gasteiger partial charge is 0.293 e. The van der Waals surface area contributed by atoms with Gasteiger partial charge in [0.15, 0.2) is 0 Å². The largest absolute Gasteiger partial charge is 0.378 e. The van der Waals surface area contributed by atoms with Crippen molar-refractivity contribution in [3.05, 3.63) is 69.3 Å². The molecule has 0 atom stereocenters. The summed E-state index contributed by atoms with van der Waals surface area (Å²) in [6, 6.07) is 12.7. The quantitative estimate of drug-likeness (QED) is 0.488. The normalized spacial score (nSPS) is 14.0. The highest BCUT2D eigenvalue weighted by Crippen LogP contribution is 2.27. The number of ether oxygens (including phenoxy) is 1. The molecule has 166 valence electrons. The van der Waals surface area contributed by atoms with Gasteiger partial charge in [0.2, 0.25) is 0 Å². The molecular weight excluding hydrogens is 396 g/mol. The number of amides is 1. The Morgan fingerprint density at radius 3 is 2.45 bits per heavy atom. The highest BCUT2D eigenvalue weighted by atomic mass is 16.6. The Labute approximate surface area is 182 Å². The zero-order valence-corrected chi connectivity index (χ0v) is 18.2. The predicted molar refractivity (Wildman–Crippen MR) is 120 cm³/mol. The van der Waals surface area contributed by atoms with E-state index in [1.807, 2.05) is 18.2 Å². The van der Waals surface area contributed by atoms with Crippen molar-refractivity contribution in [1.82, 2.24) is 9.80 Å². The average molecular weight is 427 g/mol. The Morgan fingerprint density at radius 2 is 1.81 bits per heavy atom. The number of nitrogens with zero attached hydrogens (tertiary/aromatic N) is 3. The highest BCUT2D eigenvalue weighted by Gasteiger charge is 2.22. The molecule has 0 radical (unpaired) electrons. The Kier molecular flexibility index (Phi) is 7.97. The van der Waals surface area contributed by atoms with Gasteiger partial charge in [-0.2, -0.15) is 0 Å². The van der Waals surface area contributed by atoms with Crippen molar-refractivity contribution < 1.29 is 14.5 Å². The number of hydrogen-bond acceptors (Lipinski definition) is 6. The van der Waals surface area contributed by atoms with Gasteiger partial charge >= 0.3 is 0 Å². The summed E-state index contributed by atoms with van der Waals surface area (Å²) in [6.45, 7) is 9.45. The lowest BCUT2D eigenvalue weighted by molar-refractivity contribution is -0.384. The summed E-state index contributed by atoms with van der Waals surface area (Å²) in [6.07, 6.45) is 0. The predicted octanol–water partition coefficient (Wildman–Crippen LogP) is 3.52. The molecule has 1 aliphatic rings. The third-order valence-corrected chi connectivity index (χ3v) is 5.62. The van der Waals surface area contributed by atoms with Gasteiger partial charge in [0.25, 0.3) is 11.6 Å². The Bertz CT molecular complexity index is 908. The van der Waals surface area contributed by atoms with E-state index in [1.54, 1.807) is 17.0 Å². The Morgan fingerprint density at radius 1 is 1.13 bits per heavy atom. The van der Waals surface area contributed by atoms with E-state index in [2.05, 4.69) is 30.1 Å². The van der Waals surface area contributed by atoms with Crippen molar-refractivity contribution in [3.8, 4) is 0 Å². The number of nitro benzene ring substituents is 1. The molecule has 2 aromatic rings. The monoisotopic (exact) mass is 426 g/mol. The molecule has 1 N–H and O–H groups in total. The van der Waals surface area contributed by atoms with Gasteiger partial charge in [-0.3, -0.25) is 19.8 Å². The van der Waals surface area contributed by atoms with E-state index in [-0.39, 0.29) is 11.6 Å². The zero-order valence-electron chi connectivity index (χ0n) is 18.2. The second-order valence-corrected chi connectivity index (χ2v) is 7.48. The second kappa shape index (κ2) is 10.9. The van der Waals surface area contributed by atoms with Crippen LogP contribution < -0.4 is 5.32 Å². The molecule has 1 heterocycles. The summed E-state index contributed by atoms with van der Waals surface area (Å²) in [5, 5.41) is 14.9. The zero-order chi connectivity index (χ0) is 22.2. The molecule has 1 fully saturated rings. The summed E-state index contributed by atoms with van der Waals surface area (Å²) in [5.41, 5.74) is 2.92. The van der Waals surface area contributed by atoms with Crippen LogP contribution in [0.15, 0.2) is 42.5 Å². The molecule has 0 aromatic heterocycles. The first-order valence-corrected chi connectivity index (χ1v) is 10.7. The van der Waals surface area contributed by atoms with Crippen LogP contribution >= 0.6 is 0 Å². The standard InChI is InChI=1S/C23H30N4O4/c1-3-25(4-2)17-20-8-6-5-7-19(20)16-24-21-10-9-18(15-22(21)27(29)30)23(28)26-11-13-31-14-12-26/h5-10,15,24H,3-4,11-14,16-17H2,1-2H3. The fourth-order valence-electron chi connectivity index (χ4n) is 3.68. The van der Waals surface area contributed by atoms with E-state index in [0.717, 1.165) is 25.2 Å². The molecule has 8 nitrogen and oxygen atoms in total. The van der Waals surface area contributed by atoms with Crippen molar-refractivity contribution in [2.75, 3.05) is 44.7 Å². The molecule has 1 aliphatic heterocycles. The van der Waals surface area contributed by atoms with E-state index in [9.17, 15) is 14.9 Å². The summed E-state index contributed by atoms with van der Waals surface area (Å²) < 4.78 is 5.27. The third-order valence-electron chi connectivity index (χ3n) is 5.62. The summed E-state index contributed by atoms with van der Waals surface area (Å²) in [7, 11) is 0. The fourth-order valence-corrected chi connectivity index (χ4v) is 3.68.